The van der Waals surface area contributed by atoms with Gasteiger partial charge in [0.1, 0.15) is 5.75 Å². The lowest BCUT2D eigenvalue weighted by Crippen LogP contribution is -2.38. The molecule has 0 spiro atoms. The molecule has 0 radical (unpaired) electrons. The average molecular weight is 356 g/mol. The summed E-state index contributed by atoms with van der Waals surface area (Å²) in [6.45, 7) is 10.6. The Kier molecular flexibility index (Phi) is 6.04. The fourth-order valence-electron chi connectivity index (χ4n) is 2.28. The van der Waals surface area contributed by atoms with Crippen LogP contribution in [0, 0.1) is 0 Å². The molecule has 132 valence electrons. The molecule has 0 saturated heterocycles. The molecule has 25 heavy (non-hydrogen) atoms. The molecule has 0 bridgehead atoms. The number of thiocarbonyl (C=S) groups is 1. The van der Waals surface area contributed by atoms with Gasteiger partial charge in [-0.3, -0.25) is 10.9 Å². The minimum atomic E-state index is 0.131. The van der Waals surface area contributed by atoms with Gasteiger partial charge in [0.25, 0.3) is 0 Å². The van der Waals surface area contributed by atoms with Crippen molar-refractivity contribution in [3.63, 3.8) is 0 Å². The van der Waals surface area contributed by atoms with E-state index in [9.17, 15) is 0 Å². The van der Waals surface area contributed by atoms with Gasteiger partial charge >= 0.3 is 0 Å². The van der Waals surface area contributed by atoms with Crippen molar-refractivity contribution in [3.8, 4) is 5.75 Å². The Morgan fingerprint density at radius 3 is 2.24 bits per heavy atom. The summed E-state index contributed by atoms with van der Waals surface area (Å²) >= 11 is 5.30. The van der Waals surface area contributed by atoms with E-state index in [0.29, 0.717) is 5.11 Å². The lowest BCUT2D eigenvalue weighted by molar-refractivity contribution is 0.417. The maximum Gasteiger partial charge on any atom is 0.189 e. The molecule has 0 amide bonds. The standard InChI is InChI=1S/C20H25N3OS/c1-14(15-10-12-16(13-11-15)20(2,3)4)22-23-19(25)21-17-8-6-7-9-18(17)24-5/h6-13,22H,1H2,2-5H3,(H2,21,23,25). The number of benzene rings is 2. The quantitative estimate of drug-likeness (QED) is 0.546. The van der Waals surface area contributed by atoms with E-state index in [1.54, 1.807) is 7.11 Å². The van der Waals surface area contributed by atoms with Gasteiger partial charge in [0.2, 0.25) is 0 Å². The van der Waals surface area contributed by atoms with Crippen LogP contribution in [0.1, 0.15) is 31.9 Å². The summed E-state index contributed by atoms with van der Waals surface area (Å²) in [6, 6.07) is 15.9. The largest absolute Gasteiger partial charge is 0.495 e. The molecular formula is C20H25N3OS. The summed E-state index contributed by atoms with van der Waals surface area (Å²) < 4.78 is 5.29. The summed E-state index contributed by atoms with van der Waals surface area (Å²) in [5.74, 6) is 0.725. The maximum atomic E-state index is 5.30. The molecule has 0 heterocycles. The van der Waals surface area contributed by atoms with Gasteiger partial charge in [-0.05, 0) is 40.9 Å². The summed E-state index contributed by atoms with van der Waals surface area (Å²) in [5, 5.41) is 3.52. The van der Waals surface area contributed by atoms with Crippen molar-refractivity contribution in [2.24, 2.45) is 0 Å². The second kappa shape index (κ2) is 8.03. The summed E-state index contributed by atoms with van der Waals surface area (Å²) in [7, 11) is 1.62. The molecule has 2 rings (SSSR count). The molecular weight excluding hydrogens is 330 g/mol. The van der Waals surface area contributed by atoms with Crippen LogP contribution < -0.4 is 20.9 Å². The third-order valence-corrected chi connectivity index (χ3v) is 3.99. The van der Waals surface area contributed by atoms with Gasteiger partial charge < -0.3 is 10.1 Å². The number of anilines is 1. The Morgan fingerprint density at radius 1 is 1.00 bits per heavy atom. The van der Waals surface area contributed by atoms with Gasteiger partial charge in [-0.15, -0.1) is 0 Å². The zero-order chi connectivity index (χ0) is 18.4. The van der Waals surface area contributed by atoms with E-state index >= 15 is 0 Å². The second-order valence-electron chi connectivity index (χ2n) is 6.71. The minimum Gasteiger partial charge on any atom is -0.495 e. The molecule has 5 heteroatoms. The van der Waals surface area contributed by atoms with Crippen LogP contribution in [0.25, 0.3) is 5.70 Å². The van der Waals surface area contributed by atoms with Crippen molar-refractivity contribution < 1.29 is 4.74 Å². The molecule has 0 unspecified atom stereocenters. The molecule has 0 atom stereocenters. The van der Waals surface area contributed by atoms with Crippen molar-refractivity contribution in [3.05, 3.63) is 66.2 Å². The molecule has 2 aromatic carbocycles. The van der Waals surface area contributed by atoms with E-state index in [0.717, 1.165) is 22.7 Å². The average Bonchev–Trinajstić information content (AvgIpc) is 2.59. The number of methoxy groups -OCH3 is 1. The lowest BCUT2D eigenvalue weighted by Gasteiger charge is -2.20. The SMILES string of the molecule is C=C(NNC(=S)Nc1ccccc1OC)c1ccc(C(C)(C)C)cc1. The zero-order valence-corrected chi connectivity index (χ0v) is 16.0. The van der Waals surface area contributed by atoms with Gasteiger partial charge in [0.05, 0.1) is 18.5 Å². The van der Waals surface area contributed by atoms with Crippen LogP contribution in [0.2, 0.25) is 0 Å². The number of nitrogens with one attached hydrogen (secondary N) is 3. The van der Waals surface area contributed by atoms with Crippen molar-refractivity contribution in [1.29, 1.82) is 0 Å². The highest BCUT2D eigenvalue weighted by Gasteiger charge is 2.13. The van der Waals surface area contributed by atoms with Crippen LogP contribution in [0.15, 0.2) is 55.1 Å². The van der Waals surface area contributed by atoms with Crippen LogP contribution in [-0.4, -0.2) is 12.2 Å². The second-order valence-corrected chi connectivity index (χ2v) is 7.12. The molecule has 2 aromatic rings. The smallest absolute Gasteiger partial charge is 0.189 e. The number of hydrogen-bond donors (Lipinski definition) is 3. The predicted octanol–water partition coefficient (Wildman–Crippen LogP) is 4.45. The van der Waals surface area contributed by atoms with Crippen LogP contribution in [-0.2, 0) is 5.41 Å². The fourth-order valence-corrected chi connectivity index (χ4v) is 2.44. The van der Waals surface area contributed by atoms with E-state index in [-0.39, 0.29) is 5.41 Å². The zero-order valence-electron chi connectivity index (χ0n) is 15.1. The van der Waals surface area contributed by atoms with E-state index in [4.69, 9.17) is 17.0 Å². The van der Waals surface area contributed by atoms with Gasteiger partial charge in [0.15, 0.2) is 5.11 Å². The van der Waals surface area contributed by atoms with E-state index < -0.39 is 0 Å². The van der Waals surface area contributed by atoms with Crippen molar-refractivity contribution in [1.82, 2.24) is 10.9 Å². The molecule has 0 aliphatic rings. The first-order valence-electron chi connectivity index (χ1n) is 8.07. The normalized spacial score (nSPS) is 10.7. The van der Waals surface area contributed by atoms with Crippen molar-refractivity contribution in [2.75, 3.05) is 12.4 Å². The van der Waals surface area contributed by atoms with Gasteiger partial charge in [-0.1, -0.05) is 63.7 Å². The van der Waals surface area contributed by atoms with Gasteiger partial charge in [0, 0.05) is 0 Å². The number of ether oxygens (including phenoxy) is 1. The van der Waals surface area contributed by atoms with Crippen LogP contribution >= 0.6 is 12.2 Å². The third kappa shape index (κ3) is 5.22. The molecule has 4 nitrogen and oxygen atoms in total. The number of rotatable bonds is 5. The Morgan fingerprint density at radius 2 is 1.64 bits per heavy atom. The monoisotopic (exact) mass is 355 g/mol. The van der Waals surface area contributed by atoms with Gasteiger partial charge in [-0.2, -0.15) is 0 Å². The molecule has 0 aromatic heterocycles. The Hall–Kier alpha value is -2.53. The van der Waals surface area contributed by atoms with E-state index in [1.807, 2.05) is 36.4 Å². The van der Waals surface area contributed by atoms with E-state index in [2.05, 4.69) is 55.7 Å². The molecule has 3 N–H and O–H groups in total. The predicted molar refractivity (Wildman–Crippen MR) is 110 cm³/mol. The van der Waals surface area contributed by atoms with Crippen molar-refractivity contribution in [2.45, 2.75) is 26.2 Å². The highest BCUT2D eigenvalue weighted by atomic mass is 32.1. The highest BCUT2D eigenvalue weighted by molar-refractivity contribution is 7.80. The third-order valence-electron chi connectivity index (χ3n) is 3.78. The Balaban J connectivity index is 1.92. The first kappa shape index (κ1) is 18.8. The van der Waals surface area contributed by atoms with Crippen molar-refractivity contribution >= 4 is 28.7 Å². The van der Waals surface area contributed by atoms with Crippen LogP contribution in [0.3, 0.4) is 0 Å². The molecule has 0 aliphatic heterocycles. The number of para-hydroxylation sites is 2. The van der Waals surface area contributed by atoms with Crippen LogP contribution in [0.4, 0.5) is 5.69 Å². The first-order valence-corrected chi connectivity index (χ1v) is 8.48. The lowest BCUT2D eigenvalue weighted by atomic mass is 9.86. The maximum absolute atomic E-state index is 5.30. The topological polar surface area (TPSA) is 45.3 Å². The summed E-state index contributed by atoms with van der Waals surface area (Å²) in [4.78, 5) is 0. The highest BCUT2D eigenvalue weighted by Crippen LogP contribution is 2.24. The first-order chi connectivity index (χ1) is 11.8. The molecule has 0 aliphatic carbocycles. The summed E-state index contributed by atoms with van der Waals surface area (Å²) in [5.41, 5.74) is 9.92. The van der Waals surface area contributed by atoms with Crippen LogP contribution in [0.5, 0.6) is 5.75 Å². The van der Waals surface area contributed by atoms with Gasteiger partial charge in [-0.25, -0.2) is 0 Å². The summed E-state index contributed by atoms with van der Waals surface area (Å²) in [6.07, 6.45) is 0. The molecule has 0 saturated carbocycles. The number of hydrogen-bond acceptors (Lipinski definition) is 3. The minimum absolute atomic E-state index is 0.131. The Labute approximate surface area is 155 Å². The fraction of sp³-hybridized carbons (Fsp3) is 0.250. The Bertz CT molecular complexity index is 748. The van der Waals surface area contributed by atoms with E-state index in [1.165, 1.54) is 5.56 Å². The number of hydrazine groups is 1. The molecule has 0 fully saturated rings.